The molecule has 6 nitrogen and oxygen atoms in total. The zero-order chi connectivity index (χ0) is 20.5. The van der Waals surface area contributed by atoms with Gasteiger partial charge in [-0.15, -0.1) is 0 Å². The van der Waals surface area contributed by atoms with Gasteiger partial charge in [0.1, 0.15) is 5.52 Å². The van der Waals surface area contributed by atoms with Crippen LogP contribution in [0.1, 0.15) is 33.6 Å². The number of amides is 2. The van der Waals surface area contributed by atoms with Crippen molar-refractivity contribution in [3.8, 4) is 11.3 Å². The molecule has 1 fully saturated rings. The van der Waals surface area contributed by atoms with Crippen LogP contribution < -0.4 is 10.6 Å². The topological polar surface area (TPSA) is 84.2 Å². The van der Waals surface area contributed by atoms with Crippen LogP contribution >= 0.6 is 0 Å². The highest BCUT2D eigenvalue weighted by Crippen LogP contribution is 2.29. The molecule has 0 atom stereocenters. The minimum atomic E-state index is -0.267. The van der Waals surface area contributed by atoms with Crippen molar-refractivity contribution in [3.05, 3.63) is 83.9 Å². The molecule has 1 aromatic heterocycles. The summed E-state index contributed by atoms with van der Waals surface area (Å²) in [5, 5.41) is 10.7. The molecule has 2 amide bonds. The van der Waals surface area contributed by atoms with Gasteiger partial charge in [-0.3, -0.25) is 9.59 Å². The third-order valence-corrected chi connectivity index (χ3v) is 5.07. The molecule has 4 aromatic rings. The van der Waals surface area contributed by atoms with E-state index >= 15 is 0 Å². The molecule has 1 saturated carbocycles. The molecule has 6 heteroatoms. The molecule has 0 unspecified atom stereocenters. The van der Waals surface area contributed by atoms with Crippen LogP contribution in [0.2, 0.25) is 0 Å². The number of carbonyl (C=O) groups is 2. The van der Waals surface area contributed by atoms with Crippen molar-refractivity contribution in [2.24, 2.45) is 0 Å². The van der Waals surface area contributed by atoms with Gasteiger partial charge in [0.05, 0.1) is 5.39 Å². The molecular weight excluding hydrogens is 378 g/mol. The number of benzene rings is 3. The maximum atomic E-state index is 12.8. The van der Waals surface area contributed by atoms with Crippen molar-refractivity contribution in [2.75, 3.05) is 5.32 Å². The number of nitrogens with one attached hydrogen (secondary N) is 2. The number of rotatable bonds is 5. The monoisotopic (exact) mass is 397 g/mol. The maximum Gasteiger partial charge on any atom is 0.255 e. The fourth-order valence-electron chi connectivity index (χ4n) is 3.32. The molecule has 0 radical (unpaired) electrons. The molecule has 3 aromatic carbocycles. The molecule has 0 aliphatic heterocycles. The summed E-state index contributed by atoms with van der Waals surface area (Å²) in [7, 11) is 0. The van der Waals surface area contributed by atoms with Crippen molar-refractivity contribution in [1.82, 2.24) is 10.5 Å². The fourth-order valence-corrected chi connectivity index (χ4v) is 3.32. The van der Waals surface area contributed by atoms with Crippen LogP contribution in [0, 0.1) is 0 Å². The Morgan fingerprint density at radius 3 is 2.47 bits per heavy atom. The van der Waals surface area contributed by atoms with Gasteiger partial charge in [-0.1, -0.05) is 41.6 Å². The van der Waals surface area contributed by atoms with Gasteiger partial charge < -0.3 is 15.2 Å². The van der Waals surface area contributed by atoms with Crippen LogP contribution in [-0.2, 0) is 0 Å². The first-order valence-corrected chi connectivity index (χ1v) is 9.84. The van der Waals surface area contributed by atoms with Crippen LogP contribution in [0.15, 0.2) is 77.3 Å². The van der Waals surface area contributed by atoms with Gasteiger partial charge in [0.25, 0.3) is 11.8 Å². The second-order valence-corrected chi connectivity index (χ2v) is 7.39. The molecule has 148 valence electrons. The molecule has 5 rings (SSSR count). The predicted molar refractivity (Wildman–Crippen MR) is 114 cm³/mol. The fraction of sp³-hybridized carbons (Fsp3) is 0.125. The normalized spacial score (nSPS) is 13.2. The maximum absolute atomic E-state index is 12.8. The van der Waals surface area contributed by atoms with E-state index < -0.39 is 0 Å². The van der Waals surface area contributed by atoms with E-state index in [1.165, 1.54) is 0 Å². The average molecular weight is 397 g/mol. The zero-order valence-electron chi connectivity index (χ0n) is 16.1. The standard InChI is InChI=1S/C24H19N3O3/c28-23(25-18-10-11-18)16-7-4-8-19(13-16)26-24(29)17-9-12-21-20(14-17)22(30-27-21)15-5-2-1-3-6-15/h1-9,12-14,18H,10-11H2,(H,25,28)(H,26,29). The molecule has 0 spiro atoms. The molecular formula is C24H19N3O3. The Kier molecular flexibility index (Phi) is 4.52. The highest BCUT2D eigenvalue weighted by atomic mass is 16.5. The van der Waals surface area contributed by atoms with E-state index in [2.05, 4.69) is 15.8 Å². The van der Waals surface area contributed by atoms with Gasteiger partial charge in [-0.25, -0.2) is 0 Å². The lowest BCUT2D eigenvalue weighted by Crippen LogP contribution is -2.25. The molecule has 1 aliphatic carbocycles. The van der Waals surface area contributed by atoms with E-state index in [0.29, 0.717) is 28.1 Å². The average Bonchev–Trinajstić information content (AvgIpc) is 3.49. The van der Waals surface area contributed by atoms with Crippen LogP contribution in [0.4, 0.5) is 5.69 Å². The van der Waals surface area contributed by atoms with Gasteiger partial charge in [0, 0.05) is 28.4 Å². The Hall–Kier alpha value is -3.93. The quantitative estimate of drug-likeness (QED) is 0.514. The second-order valence-electron chi connectivity index (χ2n) is 7.39. The summed E-state index contributed by atoms with van der Waals surface area (Å²) in [5.74, 6) is 0.239. The number of carbonyl (C=O) groups excluding carboxylic acids is 2. The van der Waals surface area contributed by atoms with Gasteiger partial charge in [0.2, 0.25) is 0 Å². The summed E-state index contributed by atoms with van der Waals surface area (Å²) in [5.41, 5.74) is 3.16. The lowest BCUT2D eigenvalue weighted by atomic mass is 10.1. The van der Waals surface area contributed by atoms with Crippen LogP contribution in [-0.4, -0.2) is 23.0 Å². The summed E-state index contributed by atoms with van der Waals surface area (Å²) in [6.07, 6.45) is 2.05. The zero-order valence-corrected chi connectivity index (χ0v) is 16.1. The summed E-state index contributed by atoms with van der Waals surface area (Å²) >= 11 is 0. The third kappa shape index (κ3) is 3.67. The van der Waals surface area contributed by atoms with Gasteiger partial charge in [0.15, 0.2) is 5.76 Å². The summed E-state index contributed by atoms with van der Waals surface area (Å²) in [6, 6.07) is 22.1. The number of fused-ring (bicyclic) bond motifs is 1. The molecule has 0 bridgehead atoms. The lowest BCUT2D eigenvalue weighted by molar-refractivity contribution is 0.0949. The van der Waals surface area contributed by atoms with E-state index in [1.807, 2.05) is 30.3 Å². The Bertz CT molecular complexity index is 1240. The van der Waals surface area contributed by atoms with Crippen molar-refractivity contribution in [3.63, 3.8) is 0 Å². The third-order valence-electron chi connectivity index (χ3n) is 5.07. The molecule has 30 heavy (non-hydrogen) atoms. The number of nitrogens with zero attached hydrogens (tertiary/aromatic N) is 1. The number of hydrogen-bond acceptors (Lipinski definition) is 4. The molecule has 1 aliphatic rings. The van der Waals surface area contributed by atoms with Crippen molar-refractivity contribution >= 4 is 28.4 Å². The van der Waals surface area contributed by atoms with Crippen LogP contribution in [0.3, 0.4) is 0 Å². The first-order chi connectivity index (χ1) is 14.7. The Balaban J connectivity index is 1.39. The first-order valence-electron chi connectivity index (χ1n) is 9.84. The lowest BCUT2D eigenvalue weighted by Gasteiger charge is -2.08. The van der Waals surface area contributed by atoms with E-state index in [1.54, 1.807) is 42.5 Å². The molecule has 2 N–H and O–H groups in total. The summed E-state index contributed by atoms with van der Waals surface area (Å²) in [4.78, 5) is 25.1. The SMILES string of the molecule is O=C(Nc1cccc(C(=O)NC2CC2)c1)c1ccc2noc(-c3ccccc3)c2c1. The number of hydrogen-bond donors (Lipinski definition) is 2. The Labute approximate surface area is 172 Å². The van der Waals surface area contributed by atoms with Crippen LogP contribution in [0.5, 0.6) is 0 Å². The minimum Gasteiger partial charge on any atom is -0.355 e. The van der Waals surface area contributed by atoms with Gasteiger partial charge >= 0.3 is 0 Å². The van der Waals surface area contributed by atoms with Crippen molar-refractivity contribution in [2.45, 2.75) is 18.9 Å². The highest BCUT2D eigenvalue weighted by Gasteiger charge is 2.24. The highest BCUT2D eigenvalue weighted by molar-refractivity contribution is 6.08. The van der Waals surface area contributed by atoms with Crippen molar-refractivity contribution in [1.29, 1.82) is 0 Å². The van der Waals surface area contributed by atoms with Gasteiger partial charge in [-0.05, 0) is 49.2 Å². The predicted octanol–water partition coefficient (Wildman–Crippen LogP) is 4.64. The smallest absolute Gasteiger partial charge is 0.255 e. The molecule has 0 saturated heterocycles. The van der Waals surface area contributed by atoms with E-state index in [4.69, 9.17) is 4.52 Å². The van der Waals surface area contributed by atoms with E-state index in [-0.39, 0.29) is 17.9 Å². The van der Waals surface area contributed by atoms with Gasteiger partial charge in [-0.2, -0.15) is 0 Å². The van der Waals surface area contributed by atoms with Crippen LogP contribution in [0.25, 0.3) is 22.2 Å². The van der Waals surface area contributed by atoms with E-state index in [9.17, 15) is 9.59 Å². The minimum absolute atomic E-state index is 0.119. The Morgan fingerprint density at radius 2 is 1.67 bits per heavy atom. The largest absolute Gasteiger partial charge is 0.355 e. The second kappa shape index (κ2) is 7.48. The summed E-state index contributed by atoms with van der Waals surface area (Å²) < 4.78 is 5.51. The van der Waals surface area contributed by atoms with Crippen molar-refractivity contribution < 1.29 is 14.1 Å². The summed E-state index contributed by atoms with van der Waals surface area (Å²) in [6.45, 7) is 0. The first kappa shape index (κ1) is 18.1. The molecule has 1 heterocycles. The number of anilines is 1. The van der Waals surface area contributed by atoms with E-state index in [0.717, 1.165) is 23.8 Å². The Morgan fingerprint density at radius 1 is 0.867 bits per heavy atom. The number of aromatic nitrogens is 1.